The highest BCUT2D eigenvalue weighted by Crippen LogP contribution is 2.37. The van der Waals surface area contributed by atoms with Gasteiger partial charge in [0, 0.05) is 18.6 Å². The highest BCUT2D eigenvalue weighted by atomic mass is 16.6. The topological polar surface area (TPSA) is 76.2 Å². The second-order valence-electron chi connectivity index (χ2n) is 6.09. The van der Waals surface area contributed by atoms with Gasteiger partial charge in [0.2, 0.25) is 5.82 Å². The summed E-state index contributed by atoms with van der Waals surface area (Å²) < 4.78 is 1.73. The minimum Gasteiger partial charge on any atom is -0.363 e. The molecular weight excluding hydrogens is 270 g/mol. The van der Waals surface area contributed by atoms with Crippen LogP contribution >= 0.6 is 0 Å². The van der Waals surface area contributed by atoms with Crippen LogP contribution in [-0.2, 0) is 6.54 Å². The van der Waals surface area contributed by atoms with Gasteiger partial charge < -0.3 is 10.2 Å². The standard InChI is InChI=1S/C14H25N5O2/c1-5-9-18-13(12(19(20)21)11(2)16-18)15-10-14(17(3)4)7-6-8-14/h15H,5-10H2,1-4H3. The molecule has 21 heavy (non-hydrogen) atoms. The molecule has 1 aliphatic rings. The van der Waals surface area contributed by atoms with Crippen molar-refractivity contribution in [1.29, 1.82) is 0 Å². The van der Waals surface area contributed by atoms with Crippen LogP contribution in [-0.4, -0.2) is 45.8 Å². The van der Waals surface area contributed by atoms with Crippen LogP contribution in [0.25, 0.3) is 0 Å². The third-order valence-corrected chi connectivity index (χ3v) is 4.53. The monoisotopic (exact) mass is 295 g/mol. The Kier molecular flexibility index (Phi) is 4.51. The molecule has 1 aromatic heterocycles. The van der Waals surface area contributed by atoms with Gasteiger partial charge in [0.15, 0.2) is 0 Å². The quantitative estimate of drug-likeness (QED) is 0.617. The van der Waals surface area contributed by atoms with E-state index in [9.17, 15) is 10.1 Å². The Morgan fingerprint density at radius 1 is 1.48 bits per heavy atom. The average molecular weight is 295 g/mol. The van der Waals surface area contributed by atoms with Crippen molar-refractivity contribution >= 4 is 11.5 Å². The summed E-state index contributed by atoms with van der Waals surface area (Å²) in [5.74, 6) is 0.549. The number of nitrogens with one attached hydrogen (secondary N) is 1. The van der Waals surface area contributed by atoms with Crippen LogP contribution in [0.1, 0.15) is 38.3 Å². The Bertz CT molecular complexity index is 520. The normalized spacial score (nSPS) is 16.8. The summed E-state index contributed by atoms with van der Waals surface area (Å²) in [6, 6.07) is 0. The average Bonchev–Trinajstić information content (AvgIpc) is 2.64. The number of aromatic nitrogens is 2. The molecule has 1 aromatic rings. The molecule has 0 radical (unpaired) electrons. The predicted octanol–water partition coefficient (Wildman–Crippen LogP) is 2.41. The van der Waals surface area contributed by atoms with Gasteiger partial charge in [-0.05, 0) is 46.7 Å². The SMILES string of the molecule is CCCn1nc(C)c([N+](=O)[O-])c1NCC1(N(C)C)CCC1. The second-order valence-corrected chi connectivity index (χ2v) is 6.09. The van der Waals surface area contributed by atoms with Gasteiger partial charge in [0.05, 0.1) is 4.92 Å². The van der Waals surface area contributed by atoms with Crippen molar-refractivity contribution in [1.82, 2.24) is 14.7 Å². The van der Waals surface area contributed by atoms with E-state index in [0.29, 0.717) is 18.1 Å². The summed E-state index contributed by atoms with van der Waals surface area (Å²) in [5, 5.41) is 18.9. The number of anilines is 1. The van der Waals surface area contributed by atoms with Crippen molar-refractivity contribution in [2.24, 2.45) is 0 Å². The number of hydrogen-bond acceptors (Lipinski definition) is 5. The van der Waals surface area contributed by atoms with E-state index in [-0.39, 0.29) is 16.1 Å². The van der Waals surface area contributed by atoms with Crippen LogP contribution in [0, 0.1) is 17.0 Å². The lowest BCUT2D eigenvalue weighted by molar-refractivity contribution is -0.384. The van der Waals surface area contributed by atoms with Gasteiger partial charge >= 0.3 is 5.69 Å². The van der Waals surface area contributed by atoms with Crippen LogP contribution in [0.5, 0.6) is 0 Å². The van der Waals surface area contributed by atoms with Gasteiger partial charge in [-0.1, -0.05) is 6.92 Å². The molecule has 0 atom stereocenters. The Morgan fingerprint density at radius 2 is 2.14 bits per heavy atom. The number of hydrogen-bond donors (Lipinski definition) is 1. The van der Waals surface area contributed by atoms with E-state index in [1.165, 1.54) is 6.42 Å². The number of aryl methyl sites for hydroxylation is 2. The van der Waals surface area contributed by atoms with Crippen LogP contribution < -0.4 is 5.32 Å². The van der Waals surface area contributed by atoms with E-state index in [2.05, 4.69) is 29.4 Å². The van der Waals surface area contributed by atoms with Crippen LogP contribution in [0.15, 0.2) is 0 Å². The molecule has 7 nitrogen and oxygen atoms in total. The molecule has 1 fully saturated rings. The maximum absolute atomic E-state index is 11.3. The van der Waals surface area contributed by atoms with Crippen molar-refractivity contribution in [2.45, 2.75) is 51.6 Å². The summed E-state index contributed by atoms with van der Waals surface area (Å²) in [5.41, 5.74) is 0.698. The molecule has 0 aromatic carbocycles. The molecule has 0 aliphatic heterocycles. The summed E-state index contributed by atoms with van der Waals surface area (Å²) in [4.78, 5) is 13.2. The van der Waals surface area contributed by atoms with E-state index < -0.39 is 0 Å². The van der Waals surface area contributed by atoms with Gasteiger partial charge in [-0.3, -0.25) is 10.1 Å². The fraction of sp³-hybridized carbons (Fsp3) is 0.786. The van der Waals surface area contributed by atoms with Gasteiger partial charge in [-0.15, -0.1) is 0 Å². The van der Waals surface area contributed by atoms with Crippen molar-refractivity contribution in [2.75, 3.05) is 26.0 Å². The van der Waals surface area contributed by atoms with Gasteiger partial charge in [-0.2, -0.15) is 5.10 Å². The highest BCUT2D eigenvalue weighted by molar-refractivity contribution is 5.59. The third-order valence-electron chi connectivity index (χ3n) is 4.53. The Balaban J connectivity index is 2.23. The van der Waals surface area contributed by atoms with E-state index in [4.69, 9.17) is 0 Å². The summed E-state index contributed by atoms with van der Waals surface area (Å²) in [6.45, 7) is 5.14. The maximum atomic E-state index is 11.3. The Labute approximate surface area is 125 Å². The minimum absolute atomic E-state index is 0.108. The molecule has 2 rings (SSSR count). The van der Waals surface area contributed by atoms with Gasteiger partial charge in [0.1, 0.15) is 5.69 Å². The number of nitrogens with zero attached hydrogens (tertiary/aromatic N) is 4. The molecule has 1 N–H and O–H groups in total. The molecule has 0 spiro atoms. The van der Waals surface area contributed by atoms with Crippen LogP contribution in [0.4, 0.5) is 11.5 Å². The molecule has 118 valence electrons. The van der Waals surface area contributed by atoms with Crippen molar-refractivity contribution in [3.05, 3.63) is 15.8 Å². The number of rotatable bonds is 7. The van der Waals surface area contributed by atoms with Crippen LogP contribution in [0.3, 0.4) is 0 Å². The molecule has 7 heteroatoms. The fourth-order valence-electron chi connectivity index (χ4n) is 2.95. The molecule has 0 amide bonds. The van der Waals surface area contributed by atoms with Crippen molar-refractivity contribution < 1.29 is 4.92 Å². The molecule has 0 bridgehead atoms. The number of likely N-dealkylation sites (N-methyl/N-ethyl adjacent to an activating group) is 1. The summed E-state index contributed by atoms with van der Waals surface area (Å²) in [6.07, 6.45) is 4.37. The van der Waals surface area contributed by atoms with Gasteiger partial charge in [-0.25, -0.2) is 4.68 Å². The zero-order valence-electron chi connectivity index (χ0n) is 13.3. The second kappa shape index (κ2) is 6.01. The Morgan fingerprint density at radius 3 is 2.57 bits per heavy atom. The van der Waals surface area contributed by atoms with Crippen molar-refractivity contribution in [3.8, 4) is 0 Å². The minimum atomic E-state index is -0.333. The van der Waals surface area contributed by atoms with Gasteiger partial charge in [0.25, 0.3) is 0 Å². The fourth-order valence-corrected chi connectivity index (χ4v) is 2.95. The molecule has 0 saturated heterocycles. The molecular formula is C14H25N5O2. The lowest BCUT2D eigenvalue weighted by Gasteiger charge is -2.47. The van der Waals surface area contributed by atoms with Crippen molar-refractivity contribution in [3.63, 3.8) is 0 Å². The molecule has 1 saturated carbocycles. The molecule has 1 heterocycles. The van der Waals surface area contributed by atoms with E-state index in [0.717, 1.165) is 25.8 Å². The predicted molar refractivity (Wildman–Crippen MR) is 82.7 cm³/mol. The number of nitro groups is 1. The first kappa shape index (κ1) is 15.8. The smallest absolute Gasteiger partial charge is 0.333 e. The first-order valence-electron chi connectivity index (χ1n) is 7.54. The lowest BCUT2D eigenvalue weighted by atomic mass is 9.75. The van der Waals surface area contributed by atoms with E-state index in [1.54, 1.807) is 11.6 Å². The lowest BCUT2D eigenvalue weighted by Crippen LogP contribution is -2.54. The Hall–Kier alpha value is -1.63. The third kappa shape index (κ3) is 2.88. The zero-order chi connectivity index (χ0) is 15.6. The zero-order valence-corrected chi connectivity index (χ0v) is 13.3. The van der Waals surface area contributed by atoms with E-state index >= 15 is 0 Å². The summed E-state index contributed by atoms with van der Waals surface area (Å²) in [7, 11) is 4.15. The summed E-state index contributed by atoms with van der Waals surface area (Å²) >= 11 is 0. The largest absolute Gasteiger partial charge is 0.363 e. The van der Waals surface area contributed by atoms with Crippen LogP contribution in [0.2, 0.25) is 0 Å². The molecule has 0 unspecified atom stereocenters. The molecule has 1 aliphatic carbocycles. The first-order chi connectivity index (χ1) is 9.91. The maximum Gasteiger partial charge on any atom is 0.333 e. The van der Waals surface area contributed by atoms with E-state index in [1.807, 2.05) is 6.92 Å². The highest BCUT2D eigenvalue weighted by Gasteiger charge is 2.39. The first-order valence-corrected chi connectivity index (χ1v) is 7.54.